The van der Waals surface area contributed by atoms with Gasteiger partial charge >= 0.3 is 0 Å². The Labute approximate surface area is 99.8 Å². The second kappa shape index (κ2) is 5.37. The molecule has 0 aliphatic carbocycles. The number of aryl methyl sites for hydroxylation is 1. The summed E-state index contributed by atoms with van der Waals surface area (Å²) in [6, 6.07) is 8.00. The summed E-state index contributed by atoms with van der Waals surface area (Å²) in [5.74, 6) is 0.956. The number of carbonyl (C=O) groups is 1. The van der Waals surface area contributed by atoms with E-state index in [1.165, 1.54) is 5.56 Å². The predicted octanol–water partition coefficient (Wildman–Crippen LogP) is 1.63. The monoisotopic (exact) mass is 236 g/mol. The van der Waals surface area contributed by atoms with E-state index in [0.29, 0.717) is 6.54 Å². The van der Waals surface area contributed by atoms with E-state index in [2.05, 4.69) is 11.4 Å². The minimum Gasteiger partial charge on any atom is -0.330 e. The molecule has 0 spiro atoms. The molecule has 1 aliphatic heterocycles. The first-order valence-electron chi connectivity index (χ1n) is 5.51. The predicted molar refractivity (Wildman–Crippen MR) is 68.7 cm³/mol. The molecule has 4 heteroatoms. The first kappa shape index (κ1) is 11.5. The van der Waals surface area contributed by atoms with Crippen molar-refractivity contribution in [2.45, 2.75) is 18.1 Å². The normalized spacial score (nSPS) is 19.8. The highest BCUT2D eigenvalue weighted by atomic mass is 32.2. The van der Waals surface area contributed by atoms with Gasteiger partial charge in [-0.25, -0.2) is 0 Å². The zero-order chi connectivity index (χ0) is 11.4. The molecule has 0 radical (unpaired) electrons. The van der Waals surface area contributed by atoms with E-state index in [4.69, 9.17) is 5.73 Å². The molecule has 0 saturated carbocycles. The number of hydrogen-bond donors (Lipinski definition) is 2. The lowest BCUT2D eigenvalue weighted by Gasteiger charge is -2.11. The molecule has 0 fully saturated rings. The number of amides is 1. The van der Waals surface area contributed by atoms with Gasteiger partial charge in [-0.05, 0) is 24.5 Å². The van der Waals surface area contributed by atoms with Gasteiger partial charge in [0.2, 0.25) is 5.91 Å². The number of nitrogens with one attached hydrogen (secondary N) is 1. The fourth-order valence-corrected chi connectivity index (χ4v) is 2.78. The molecule has 0 aromatic heterocycles. The van der Waals surface area contributed by atoms with Gasteiger partial charge in [0.15, 0.2) is 0 Å². The van der Waals surface area contributed by atoms with Gasteiger partial charge in [-0.15, -0.1) is 11.8 Å². The van der Waals surface area contributed by atoms with Crippen LogP contribution in [0.3, 0.4) is 0 Å². The first-order chi connectivity index (χ1) is 7.81. The summed E-state index contributed by atoms with van der Waals surface area (Å²) in [6.45, 7) is 0.626. The van der Waals surface area contributed by atoms with Crippen molar-refractivity contribution in [2.24, 2.45) is 5.73 Å². The smallest absolute Gasteiger partial charge is 0.237 e. The van der Waals surface area contributed by atoms with E-state index < -0.39 is 0 Å². The van der Waals surface area contributed by atoms with Crippen molar-refractivity contribution in [3.05, 3.63) is 29.8 Å². The van der Waals surface area contributed by atoms with Gasteiger partial charge in [0, 0.05) is 18.0 Å². The Kier molecular flexibility index (Phi) is 3.85. The fourth-order valence-electron chi connectivity index (χ4n) is 1.86. The van der Waals surface area contributed by atoms with Gasteiger partial charge < -0.3 is 11.1 Å². The van der Waals surface area contributed by atoms with Gasteiger partial charge in [0.05, 0.1) is 5.25 Å². The van der Waals surface area contributed by atoms with Crippen molar-refractivity contribution in [3.8, 4) is 0 Å². The van der Waals surface area contributed by atoms with Crippen LogP contribution in [-0.2, 0) is 11.2 Å². The van der Waals surface area contributed by atoms with Crippen LogP contribution in [0.5, 0.6) is 0 Å². The number of rotatable bonds is 3. The molecule has 1 amide bonds. The zero-order valence-corrected chi connectivity index (χ0v) is 9.93. The molecule has 86 valence electrons. The highest BCUT2D eigenvalue weighted by molar-refractivity contribution is 8.00. The van der Waals surface area contributed by atoms with Crippen LogP contribution in [0.25, 0.3) is 0 Å². The molecule has 1 unspecified atom stereocenters. The molecular weight excluding hydrogens is 220 g/mol. The van der Waals surface area contributed by atoms with Crippen LogP contribution in [0.2, 0.25) is 0 Å². The van der Waals surface area contributed by atoms with Crippen LogP contribution in [0.1, 0.15) is 12.0 Å². The molecule has 1 aliphatic rings. The Morgan fingerprint density at radius 1 is 1.44 bits per heavy atom. The SMILES string of the molecule is NCCSC1CCc2ccccc2NC1=O. The maximum Gasteiger partial charge on any atom is 0.237 e. The van der Waals surface area contributed by atoms with E-state index in [1.807, 2.05) is 18.2 Å². The van der Waals surface area contributed by atoms with E-state index in [-0.39, 0.29) is 11.2 Å². The van der Waals surface area contributed by atoms with E-state index >= 15 is 0 Å². The molecule has 1 aromatic carbocycles. The number of para-hydroxylation sites is 1. The molecule has 0 saturated heterocycles. The van der Waals surface area contributed by atoms with Crippen molar-refractivity contribution in [2.75, 3.05) is 17.6 Å². The molecule has 1 atom stereocenters. The minimum atomic E-state index is 0.0379. The lowest BCUT2D eigenvalue weighted by Crippen LogP contribution is -2.24. The van der Waals surface area contributed by atoms with E-state index in [9.17, 15) is 4.79 Å². The molecule has 2 rings (SSSR count). The minimum absolute atomic E-state index is 0.0379. The Balaban J connectivity index is 2.09. The lowest BCUT2D eigenvalue weighted by molar-refractivity contribution is -0.115. The highest BCUT2D eigenvalue weighted by Gasteiger charge is 2.23. The summed E-state index contributed by atoms with van der Waals surface area (Å²) in [5, 5.41) is 3.02. The van der Waals surface area contributed by atoms with Gasteiger partial charge in [-0.3, -0.25) is 4.79 Å². The molecule has 1 heterocycles. The summed E-state index contributed by atoms with van der Waals surface area (Å²) in [7, 11) is 0. The van der Waals surface area contributed by atoms with Crippen molar-refractivity contribution in [1.82, 2.24) is 0 Å². The quantitative estimate of drug-likeness (QED) is 0.838. The van der Waals surface area contributed by atoms with Crippen molar-refractivity contribution >= 4 is 23.4 Å². The molecule has 3 nitrogen and oxygen atoms in total. The van der Waals surface area contributed by atoms with Crippen molar-refractivity contribution in [3.63, 3.8) is 0 Å². The number of anilines is 1. The maximum atomic E-state index is 11.9. The zero-order valence-electron chi connectivity index (χ0n) is 9.11. The second-order valence-corrected chi connectivity index (χ2v) is 5.14. The van der Waals surface area contributed by atoms with Crippen LogP contribution in [0, 0.1) is 0 Å². The summed E-state index contributed by atoms with van der Waals surface area (Å²) in [6.07, 6.45) is 1.85. The van der Waals surface area contributed by atoms with Gasteiger partial charge in [-0.2, -0.15) is 0 Å². The third-order valence-corrected chi connectivity index (χ3v) is 4.00. The fraction of sp³-hybridized carbons (Fsp3) is 0.417. The van der Waals surface area contributed by atoms with Crippen LogP contribution in [-0.4, -0.2) is 23.5 Å². The number of thioether (sulfide) groups is 1. The third kappa shape index (κ3) is 2.57. The van der Waals surface area contributed by atoms with E-state index in [0.717, 1.165) is 24.3 Å². The molecule has 0 bridgehead atoms. The van der Waals surface area contributed by atoms with Crippen LogP contribution in [0.4, 0.5) is 5.69 Å². The Morgan fingerprint density at radius 3 is 3.06 bits per heavy atom. The van der Waals surface area contributed by atoms with E-state index in [1.54, 1.807) is 11.8 Å². The van der Waals surface area contributed by atoms with Crippen LogP contribution >= 0.6 is 11.8 Å². The number of benzene rings is 1. The second-order valence-electron chi connectivity index (χ2n) is 3.83. The highest BCUT2D eigenvalue weighted by Crippen LogP contribution is 2.26. The standard InChI is InChI=1S/C12H16N2OS/c13-7-8-16-11-6-5-9-3-1-2-4-10(9)14-12(11)15/h1-4,11H,5-8,13H2,(H,14,15). The molecule has 3 N–H and O–H groups in total. The Bertz CT molecular complexity index is 381. The van der Waals surface area contributed by atoms with Gasteiger partial charge in [0.1, 0.15) is 0 Å². The summed E-state index contributed by atoms with van der Waals surface area (Å²) < 4.78 is 0. The van der Waals surface area contributed by atoms with Gasteiger partial charge in [0.25, 0.3) is 0 Å². The average molecular weight is 236 g/mol. The average Bonchev–Trinajstić information content (AvgIpc) is 2.45. The number of carbonyl (C=O) groups excluding carboxylic acids is 1. The summed E-state index contributed by atoms with van der Waals surface area (Å²) in [5.41, 5.74) is 7.65. The molecule has 1 aromatic rings. The first-order valence-corrected chi connectivity index (χ1v) is 6.56. The van der Waals surface area contributed by atoms with Crippen LogP contribution < -0.4 is 11.1 Å². The summed E-state index contributed by atoms with van der Waals surface area (Å²) in [4.78, 5) is 11.9. The Hall–Kier alpha value is -1.00. The lowest BCUT2D eigenvalue weighted by atomic mass is 10.1. The molecule has 16 heavy (non-hydrogen) atoms. The topological polar surface area (TPSA) is 55.1 Å². The summed E-state index contributed by atoms with van der Waals surface area (Å²) >= 11 is 1.65. The largest absolute Gasteiger partial charge is 0.330 e. The van der Waals surface area contributed by atoms with Crippen molar-refractivity contribution < 1.29 is 4.79 Å². The maximum absolute atomic E-state index is 11.9. The van der Waals surface area contributed by atoms with Crippen molar-refractivity contribution in [1.29, 1.82) is 0 Å². The van der Waals surface area contributed by atoms with Crippen LogP contribution in [0.15, 0.2) is 24.3 Å². The third-order valence-electron chi connectivity index (χ3n) is 2.68. The Morgan fingerprint density at radius 2 is 2.25 bits per heavy atom. The number of hydrogen-bond acceptors (Lipinski definition) is 3. The number of nitrogens with two attached hydrogens (primary N) is 1. The van der Waals surface area contributed by atoms with Gasteiger partial charge in [-0.1, -0.05) is 18.2 Å². The molecular formula is C12H16N2OS. The number of fused-ring (bicyclic) bond motifs is 1.